The highest BCUT2D eigenvalue weighted by Gasteiger charge is 2.27. The van der Waals surface area contributed by atoms with Crippen LogP contribution in [0.2, 0.25) is 0 Å². The Morgan fingerprint density at radius 1 is 1.13 bits per heavy atom. The lowest BCUT2D eigenvalue weighted by Crippen LogP contribution is -2.45. The second kappa shape index (κ2) is 8.73. The number of nitrogens with zero attached hydrogens (tertiary/aromatic N) is 4. The fraction of sp³-hybridized carbons (Fsp3) is 0.273. The quantitative estimate of drug-likeness (QED) is 0.641. The smallest absolute Gasteiger partial charge is 0.267 e. The molecule has 1 aliphatic rings. The third kappa shape index (κ3) is 4.51. The van der Waals surface area contributed by atoms with Crippen molar-refractivity contribution in [3.8, 4) is 11.3 Å². The van der Waals surface area contributed by atoms with Gasteiger partial charge in [0.1, 0.15) is 24.3 Å². The van der Waals surface area contributed by atoms with Gasteiger partial charge in [-0.25, -0.2) is 18.4 Å². The Labute approximate surface area is 176 Å². The largest absolute Gasteiger partial charge is 0.368 e. The number of morpholine rings is 1. The fourth-order valence-electron chi connectivity index (χ4n) is 3.46. The first-order chi connectivity index (χ1) is 14.9. The molecule has 1 amide bonds. The number of amides is 1. The molecule has 31 heavy (non-hydrogen) atoms. The van der Waals surface area contributed by atoms with E-state index in [-0.39, 0.29) is 42.4 Å². The molecule has 0 aliphatic carbocycles. The molecule has 3 aromatic rings. The minimum Gasteiger partial charge on any atom is -0.368 e. The van der Waals surface area contributed by atoms with Gasteiger partial charge in [0.25, 0.3) is 5.56 Å². The lowest BCUT2D eigenvalue weighted by molar-refractivity contribution is -0.140. The highest BCUT2D eigenvalue weighted by molar-refractivity contribution is 5.76. The zero-order valence-corrected chi connectivity index (χ0v) is 16.8. The van der Waals surface area contributed by atoms with Gasteiger partial charge >= 0.3 is 0 Å². The van der Waals surface area contributed by atoms with Gasteiger partial charge in [-0.05, 0) is 37.3 Å². The Morgan fingerprint density at radius 2 is 1.87 bits per heavy atom. The van der Waals surface area contributed by atoms with Crippen LogP contribution >= 0.6 is 0 Å². The number of halogens is 2. The number of rotatable bonds is 4. The molecule has 0 bridgehead atoms. The van der Waals surface area contributed by atoms with Gasteiger partial charge in [0.05, 0.1) is 35.8 Å². The number of aromatic nitrogens is 3. The predicted octanol–water partition coefficient (Wildman–Crippen LogP) is 2.49. The minimum atomic E-state index is -0.706. The summed E-state index contributed by atoms with van der Waals surface area (Å²) in [4.78, 5) is 30.6. The molecule has 1 aliphatic heterocycles. The van der Waals surface area contributed by atoms with E-state index in [4.69, 9.17) is 4.74 Å². The summed E-state index contributed by atoms with van der Waals surface area (Å²) in [5.41, 5.74) is 0.677. The van der Waals surface area contributed by atoms with Crippen molar-refractivity contribution in [1.82, 2.24) is 19.7 Å². The first-order valence-corrected chi connectivity index (χ1v) is 9.78. The molecule has 3 heterocycles. The summed E-state index contributed by atoms with van der Waals surface area (Å²) in [7, 11) is 0. The van der Waals surface area contributed by atoms with Crippen LogP contribution in [-0.2, 0) is 16.1 Å². The zero-order valence-electron chi connectivity index (χ0n) is 16.8. The Bertz CT molecular complexity index is 1160. The van der Waals surface area contributed by atoms with Crippen molar-refractivity contribution in [2.75, 3.05) is 19.7 Å². The monoisotopic (exact) mass is 426 g/mol. The number of ether oxygens (including phenoxy) is 1. The molecule has 1 fully saturated rings. The Morgan fingerprint density at radius 3 is 2.65 bits per heavy atom. The molecule has 2 aromatic heterocycles. The molecule has 7 nitrogen and oxygen atoms in total. The number of pyridine rings is 1. The Kier molecular flexibility index (Phi) is 5.85. The van der Waals surface area contributed by atoms with E-state index in [2.05, 4.69) is 10.1 Å². The van der Waals surface area contributed by atoms with Crippen molar-refractivity contribution in [2.45, 2.75) is 19.6 Å². The summed E-state index contributed by atoms with van der Waals surface area (Å²) in [5, 5.41) is 4.09. The van der Waals surface area contributed by atoms with E-state index >= 15 is 0 Å². The van der Waals surface area contributed by atoms with Gasteiger partial charge < -0.3 is 9.64 Å². The summed E-state index contributed by atoms with van der Waals surface area (Å²) >= 11 is 0. The zero-order chi connectivity index (χ0) is 22.0. The van der Waals surface area contributed by atoms with Gasteiger partial charge in [0.2, 0.25) is 5.91 Å². The standard InChI is InChI=1S/C22H20F2N4O3/c1-14-8-9-20(29)28(26-14)13-21(30)27-10-11-31-19(12-27)17-6-3-7-18(25-17)22-15(23)4-2-5-16(22)24/h2-9,19H,10-13H2,1H3/t19-/m1/s1. The average Bonchev–Trinajstić information content (AvgIpc) is 2.76. The van der Waals surface area contributed by atoms with Crippen LogP contribution in [0.15, 0.2) is 53.3 Å². The molecule has 0 saturated carbocycles. The number of carbonyl (C=O) groups is 1. The van der Waals surface area contributed by atoms with Gasteiger partial charge in [-0.2, -0.15) is 5.10 Å². The van der Waals surface area contributed by atoms with E-state index in [1.165, 1.54) is 30.3 Å². The van der Waals surface area contributed by atoms with E-state index in [0.29, 0.717) is 17.9 Å². The van der Waals surface area contributed by atoms with Gasteiger partial charge in [-0.3, -0.25) is 9.59 Å². The summed E-state index contributed by atoms with van der Waals surface area (Å²) < 4.78 is 35.2. The van der Waals surface area contributed by atoms with Gasteiger partial charge in [-0.15, -0.1) is 0 Å². The number of carbonyl (C=O) groups excluding carboxylic acids is 1. The van der Waals surface area contributed by atoms with E-state index in [0.717, 1.165) is 4.68 Å². The van der Waals surface area contributed by atoms with E-state index < -0.39 is 17.7 Å². The Balaban J connectivity index is 1.53. The van der Waals surface area contributed by atoms with Gasteiger partial charge in [0, 0.05) is 12.6 Å². The molecule has 1 atom stereocenters. The molecule has 0 spiro atoms. The molecule has 0 N–H and O–H groups in total. The molecule has 1 aromatic carbocycles. The summed E-state index contributed by atoms with van der Waals surface area (Å²) in [5.74, 6) is -1.69. The van der Waals surface area contributed by atoms with Crippen molar-refractivity contribution in [3.63, 3.8) is 0 Å². The summed E-state index contributed by atoms with van der Waals surface area (Å²) in [6, 6.07) is 11.4. The van der Waals surface area contributed by atoms with Crippen LogP contribution in [0, 0.1) is 18.6 Å². The fourth-order valence-corrected chi connectivity index (χ4v) is 3.46. The van der Waals surface area contributed by atoms with Crippen LogP contribution in [0.1, 0.15) is 17.5 Å². The third-order valence-electron chi connectivity index (χ3n) is 5.02. The van der Waals surface area contributed by atoms with Crippen LogP contribution < -0.4 is 5.56 Å². The number of aryl methyl sites for hydroxylation is 1. The minimum absolute atomic E-state index is 0.149. The van der Waals surface area contributed by atoms with E-state index in [9.17, 15) is 18.4 Å². The second-order valence-corrected chi connectivity index (χ2v) is 7.21. The third-order valence-corrected chi connectivity index (χ3v) is 5.02. The maximum Gasteiger partial charge on any atom is 0.267 e. The van der Waals surface area contributed by atoms with E-state index in [1.54, 1.807) is 30.0 Å². The first-order valence-electron chi connectivity index (χ1n) is 9.78. The Hall–Kier alpha value is -3.46. The van der Waals surface area contributed by atoms with Crippen molar-refractivity contribution in [2.24, 2.45) is 0 Å². The summed E-state index contributed by atoms with van der Waals surface area (Å²) in [6.45, 7) is 2.39. The molecule has 0 unspecified atom stereocenters. The van der Waals surface area contributed by atoms with Crippen molar-refractivity contribution < 1.29 is 18.3 Å². The second-order valence-electron chi connectivity index (χ2n) is 7.21. The maximum absolute atomic E-state index is 14.1. The van der Waals surface area contributed by atoms with E-state index in [1.807, 2.05) is 0 Å². The molecule has 0 radical (unpaired) electrons. The highest BCUT2D eigenvalue weighted by atomic mass is 19.1. The molecular weight excluding hydrogens is 406 g/mol. The lowest BCUT2D eigenvalue weighted by atomic mass is 10.1. The van der Waals surface area contributed by atoms with Crippen LogP contribution in [0.4, 0.5) is 8.78 Å². The number of hydrogen-bond acceptors (Lipinski definition) is 5. The van der Waals surface area contributed by atoms with Gasteiger partial charge in [0.15, 0.2) is 0 Å². The van der Waals surface area contributed by atoms with Crippen LogP contribution in [0.25, 0.3) is 11.3 Å². The molecule has 160 valence electrons. The van der Waals surface area contributed by atoms with Crippen LogP contribution in [0.3, 0.4) is 0 Å². The van der Waals surface area contributed by atoms with Crippen LogP contribution in [-0.4, -0.2) is 45.3 Å². The highest BCUT2D eigenvalue weighted by Crippen LogP contribution is 2.27. The first kappa shape index (κ1) is 20.8. The van der Waals surface area contributed by atoms with Crippen LogP contribution in [0.5, 0.6) is 0 Å². The van der Waals surface area contributed by atoms with Gasteiger partial charge in [-0.1, -0.05) is 12.1 Å². The molecule has 4 rings (SSSR count). The van der Waals surface area contributed by atoms with Crippen molar-refractivity contribution >= 4 is 5.91 Å². The molecule has 9 heteroatoms. The number of benzene rings is 1. The SMILES string of the molecule is Cc1ccc(=O)n(CC(=O)N2CCO[C@@H](c3cccc(-c4c(F)cccc4F)n3)C2)n1. The summed E-state index contributed by atoms with van der Waals surface area (Å²) in [6.07, 6.45) is -0.560. The topological polar surface area (TPSA) is 77.3 Å². The number of hydrogen-bond donors (Lipinski definition) is 0. The lowest BCUT2D eigenvalue weighted by Gasteiger charge is -2.32. The molecule has 1 saturated heterocycles. The normalized spacial score (nSPS) is 16.4. The average molecular weight is 426 g/mol. The molecular formula is C22H20F2N4O3. The van der Waals surface area contributed by atoms with Crippen molar-refractivity contribution in [3.05, 3.63) is 81.9 Å². The predicted molar refractivity (Wildman–Crippen MR) is 108 cm³/mol. The maximum atomic E-state index is 14.1. The van der Waals surface area contributed by atoms with Crippen molar-refractivity contribution in [1.29, 1.82) is 0 Å².